The van der Waals surface area contributed by atoms with Gasteiger partial charge in [-0.15, -0.1) is 0 Å². The first kappa shape index (κ1) is 16.6. The Morgan fingerprint density at radius 2 is 2.04 bits per heavy atom. The highest BCUT2D eigenvalue weighted by Crippen LogP contribution is 2.27. The van der Waals surface area contributed by atoms with E-state index >= 15 is 0 Å². The van der Waals surface area contributed by atoms with E-state index in [9.17, 15) is 4.79 Å². The molecule has 0 atom stereocenters. The minimum absolute atomic E-state index is 0.129. The van der Waals surface area contributed by atoms with Crippen molar-refractivity contribution in [3.63, 3.8) is 0 Å². The molecule has 1 saturated carbocycles. The molecule has 1 aliphatic heterocycles. The number of aromatic nitrogens is 1. The van der Waals surface area contributed by atoms with Crippen LogP contribution >= 0.6 is 0 Å². The minimum Gasteiger partial charge on any atom is -0.488 e. The molecule has 1 amide bonds. The van der Waals surface area contributed by atoms with E-state index in [1.807, 2.05) is 42.5 Å². The van der Waals surface area contributed by atoms with Crippen LogP contribution in [0.25, 0.3) is 6.08 Å². The van der Waals surface area contributed by atoms with Crippen molar-refractivity contribution in [3.05, 3.63) is 59.3 Å². The first-order valence-electron chi connectivity index (χ1n) is 9.11. The van der Waals surface area contributed by atoms with Crippen LogP contribution in [0.5, 0.6) is 11.6 Å². The highest BCUT2D eigenvalue weighted by atomic mass is 16.5. The second-order valence-corrected chi connectivity index (χ2v) is 6.67. The van der Waals surface area contributed by atoms with Crippen LogP contribution in [0.15, 0.2) is 48.2 Å². The molecule has 1 fully saturated rings. The number of fused-ring (bicyclic) bond motifs is 1. The van der Waals surface area contributed by atoms with Crippen molar-refractivity contribution in [1.29, 1.82) is 0 Å². The Balaban J connectivity index is 1.41. The quantitative estimate of drug-likeness (QED) is 0.897. The van der Waals surface area contributed by atoms with Gasteiger partial charge in [-0.2, -0.15) is 0 Å². The first-order valence-corrected chi connectivity index (χ1v) is 9.11. The molecule has 1 N–H and O–H groups in total. The lowest BCUT2D eigenvalue weighted by Crippen LogP contribution is -2.28. The second kappa shape index (κ2) is 7.60. The Labute approximate surface area is 153 Å². The van der Waals surface area contributed by atoms with Gasteiger partial charge in [0, 0.05) is 23.9 Å². The van der Waals surface area contributed by atoms with Crippen LogP contribution in [0.1, 0.15) is 36.8 Å². The van der Waals surface area contributed by atoms with E-state index in [0.29, 0.717) is 18.0 Å². The Morgan fingerprint density at radius 1 is 1.19 bits per heavy atom. The zero-order chi connectivity index (χ0) is 17.8. The summed E-state index contributed by atoms with van der Waals surface area (Å²) in [6.45, 7) is 0.662. The molecule has 134 valence electrons. The van der Waals surface area contributed by atoms with E-state index in [0.717, 1.165) is 29.7 Å². The van der Waals surface area contributed by atoms with Crippen LogP contribution in [-0.4, -0.2) is 23.6 Å². The lowest BCUT2D eigenvalue weighted by molar-refractivity contribution is -0.117. The molecule has 0 saturated heterocycles. The number of amides is 1. The first-order chi connectivity index (χ1) is 12.8. The predicted octanol–water partition coefficient (Wildman–Crippen LogP) is 3.50. The molecule has 0 unspecified atom stereocenters. The standard InChI is InChI=1S/C21H22N2O3/c24-20(17-12-15-6-1-4-10-19(15)25-14-17)23-13-16-7-5-11-22-21(16)26-18-8-2-3-9-18/h1,4-7,10-12,18H,2-3,8-9,13-14H2,(H,23,24). The van der Waals surface area contributed by atoms with Crippen molar-refractivity contribution >= 4 is 12.0 Å². The van der Waals surface area contributed by atoms with E-state index in [1.165, 1.54) is 12.8 Å². The van der Waals surface area contributed by atoms with Crippen LogP contribution in [0.4, 0.5) is 0 Å². The monoisotopic (exact) mass is 350 g/mol. The number of hydrogen-bond donors (Lipinski definition) is 1. The number of nitrogens with one attached hydrogen (secondary N) is 1. The molecule has 1 aliphatic carbocycles. The average Bonchev–Trinajstić information content (AvgIpc) is 3.20. The minimum atomic E-state index is -0.129. The molecule has 1 aromatic carbocycles. The number of carbonyl (C=O) groups excluding carboxylic acids is 1. The molecule has 1 aromatic heterocycles. The highest BCUT2D eigenvalue weighted by Gasteiger charge is 2.20. The van der Waals surface area contributed by atoms with Gasteiger partial charge in [0.15, 0.2) is 0 Å². The number of hydrogen-bond acceptors (Lipinski definition) is 4. The fourth-order valence-corrected chi connectivity index (χ4v) is 3.37. The summed E-state index contributed by atoms with van der Waals surface area (Å²) < 4.78 is 11.7. The maximum atomic E-state index is 12.5. The number of ether oxygens (including phenoxy) is 2. The Bertz CT molecular complexity index is 826. The molecule has 2 aliphatic rings. The summed E-state index contributed by atoms with van der Waals surface area (Å²) in [5.74, 6) is 1.30. The van der Waals surface area contributed by atoms with Gasteiger partial charge in [0.1, 0.15) is 18.5 Å². The topological polar surface area (TPSA) is 60.5 Å². The maximum Gasteiger partial charge on any atom is 0.250 e. The predicted molar refractivity (Wildman–Crippen MR) is 98.9 cm³/mol. The fourth-order valence-electron chi connectivity index (χ4n) is 3.37. The molecule has 0 spiro atoms. The zero-order valence-corrected chi connectivity index (χ0v) is 14.6. The van der Waals surface area contributed by atoms with Gasteiger partial charge in [-0.25, -0.2) is 4.98 Å². The number of para-hydroxylation sites is 1. The summed E-state index contributed by atoms with van der Waals surface area (Å²) in [6, 6.07) is 11.5. The van der Waals surface area contributed by atoms with Gasteiger partial charge < -0.3 is 14.8 Å². The molecule has 5 nitrogen and oxygen atoms in total. The number of rotatable bonds is 5. The third kappa shape index (κ3) is 3.72. The van der Waals surface area contributed by atoms with Crippen LogP contribution in [0.3, 0.4) is 0 Å². The van der Waals surface area contributed by atoms with Crippen molar-refractivity contribution < 1.29 is 14.3 Å². The summed E-state index contributed by atoms with van der Waals surface area (Å²) in [5.41, 5.74) is 2.44. The average molecular weight is 350 g/mol. The SMILES string of the molecule is O=C(NCc1cccnc1OC1CCCC1)C1=Cc2ccccc2OC1. The Hall–Kier alpha value is -2.82. The van der Waals surface area contributed by atoms with Crippen molar-refractivity contribution in [2.45, 2.75) is 38.3 Å². The largest absolute Gasteiger partial charge is 0.488 e. The molecule has 5 heteroatoms. The van der Waals surface area contributed by atoms with E-state index < -0.39 is 0 Å². The summed E-state index contributed by atoms with van der Waals surface area (Å²) in [7, 11) is 0. The van der Waals surface area contributed by atoms with E-state index in [2.05, 4.69) is 10.3 Å². The summed E-state index contributed by atoms with van der Waals surface area (Å²) in [4.78, 5) is 16.9. The van der Waals surface area contributed by atoms with Gasteiger partial charge in [-0.05, 0) is 43.9 Å². The van der Waals surface area contributed by atoms with Crippen LogP contribution in [0, 0.1) is 0 Å². The van der Waals surface area contributed by atoms with Crippen molar-refractivity contribution in [3.8, 4) is 11.6 Å². The van der Waals surface area contributed by atoms with Gasteiger partial charge in [0.2, 0.25) is 5.88 Å². The maximum absolute atomic E-state index is 12.5. The van der Waals surface area contributed by atoms with Crippen LogP contribution in [0.2, 0.25) is 0 Å². The van der Waals surface area contributed by atoms with Crippen molar-refractivity contribution in [2.24, 2.45) is 0 Å². The van der Waals surface area contributed by atoms with E-state index in [-0.39, 0.29) is 18.6 Å². The Morgan fingerprint density at radius 3 is 2.92 bits per heavy atom. The van der Waals surface area contributed by atoms with Gasteiger partial charge in [0.05, 0.1) is 5.57 Å². The fraction of sp³-hybridized carbons (Fsp3) is 0.333. The molecule has 0 radical (unpaired) electrons. The Kier molecular flexibility index (Phi) is 4.86. The molecule has 2 aromatic rings. The second-order valence-electron chi connectivity index (χ2n) is 6.67. The van der Waals surface area contributed by atoms with E-state index in [1.54, 1.807) is 6.20 Å². The molecular weight excluding hydrogens is 328 g/mol. The summed E-state index contributed by atoms with van der Waals surface area (Å²) in [5, 5.41) is 2.96. The van der Waals surface area contributed by atoms with E-state index in [4.69, 9.17) is 9.47 Å². The lowest BCUT2D eigenvalue weighted by atomic mass is 10.1. The van der Waals surface area contributed by atoms with Gasteiger partial charge in [0.25, 0.3) is 5.91 Å². The molecular formula is C21H22N2O3. The smallest absolute Gasteiger partial charge is 0.250 e. The number of carbonyl (C=O) groups is 1. The van der Waals surface area contributed by atoms with Crippen LogP contribution < -0.4 is 14.8 Å². The van der Waals surface area contributed by atoms with Crippen LogP contribution in [-0.2, 0) is 11.3 Å². The summed E-state index contributed by atoms with van der Waals surface area (Å²) in [6.07, 6.45) is 8.42. The molecule has 4 rings (SSSR count). The normalized spacial score (nSPS) is 16.4. The third-order valence-electron chi connectivity index (χ3n) is 4.79. The van der Waals surface area contributed by atoms with Crippen molar-refractivity contribution in [2.75, 3.05) is 6.61 Å². The van der Waals surface area contributed by atoms with Gasteiger partial charge in [-0.1, -0.05) is 24.3 Å². The summed E-state index contributed by atoms with van der Waals surface area (Å²) >= 11 is 0. The van der Waals surface area contributed by atoms with Gasteiger partial charge in [-0.3, -0.25) is 4.79 Å². The third-order valence-corrected chi connectivity index (χ3v) is 4.79. The molecule has 0 bridgehead atoms. The van der Waals surface area contributed by atoms with Crippen molar-refractivity contribution in [1.82, 2.24) is 10.3 Å². The highest BCUT2D eigenvalue weighted by molar-refractivity contribution is 5.99. The molecule has 2 heterocycles. The number of nitrogens with zero attached hydrogens (tertiary/aromatic N) is 1. The lowest BCUT2D eigenvalue weighted by Gasteiger charge is -2.18. The number of benzene rings is 1. The zero-order valence-electron chi connectivity index (χ0n) is 14.6. The molecule has 26 heavy (non-hydrogen) atoms. The van der Waals surface area contributed by atoms with Gasteiger partial charge >= 0.3 is 0 Å². The number of pyridine rings is 1.